The summed E-state index contributed by atoms with van der Waals surface area (Å²) in [6.45, 7) is 18.5. The Hall–Kier alpha value is -3.98. The normalized spacial score (nSPS) is 14.3. The number of hydrogen-bond acceptors (Lipinski definition) is 1. The van der Waals surface area contributed by atoms with Crippen LogP contribution in [0.4, 0.5) is 0 Å². The standard InChI is InChI=1S/C40H46N3/c1-9-40(10-2)27-29-20-14-15-22-34(29)37-42(32-25-30(38(3,4)5)24-31(26-32)39(6,7)8)36(41-43(37)40)35-23-17-16-21-33(35)28-18-12-11-13-19-28/h11-26H,9-10,27H2,1-8H3/q+1. The first-order valence-corrected chi connectivity index (χ1v) is 15.9. The molecule has 2 heterocycles. The molecule has 0 saturated carbocycles. The maximum atomic E-state index is 5.64. The minimum absolute atomic E-state index is 0.000404. The van der Waals surface area contributed by atoms with Gasteiger partial charge in [-0.1, -0.05) is 128 Å². The highest BCUT2D eigenvalue weighted by molar-refractivity contribution is 5.80. The van der Waals surface area contributed by atoms with Crippen LogP contribution in [0.25, 0.3) is 39.6 Å². The summed E-state index contributed by atoms with van der Waals surface area (Å²) in [4.78, 5) is 0. The summed E-state index contributed by atoms with van der Waals surface area (Å²) in [6, 6.07) is 35.7. The smallest absolute Gasteiger partial charge is 0.190 e. The van der Waals surface area contributed by atoms with E-state index in [1.807, 2.05) is 0 Å². The Morgan fingerprint density at radius 1 is 0.674 bits per heavy atom. The molecule has 220 valence electrons. The van der Waals surface area contributed by atoms with E-state index in [0.29, 0.717) is 0 Å². The van der Waals surface area contributed by atoms with E-state index in [9.17, 15) is 0 Å². The summed E-state index contributed by atoms with van der Waals surface area (Å²) in [5.41, 5.74) is 9.97. The van der Waals surface area contributed by atoms with E-state index in [1.165, 1.54) is 44.9 Å². The third-order valence-electron chi connectivity index (χ3n) is 9.52. The summed E-state index contributed by atoms with van der Waals surface area (Å²) in [7, 11) is 0. The van der Waals surface area contributed by atoms with Crippen LogP contribution >= 0.6 is 0 Å². The Kier molecular flexibility index (Phi) is 7.19. The lowest BCUT2D eigenvalue weighted by atomic mass is 9.80. The summed E-state index contributed by atoms with van der Waals surface area (Å²) in [5.74, 6) is 2.16. The Morgan fingerprint density at radius 2 is 1.21 bits per heavy atom. The zero-order valence-corrected chi connectivity index (χ0v) is 27.2. The monoisotopic (exact) mass is 568 g/mol. The summed E-state index contributed by atoms with van der Waals surface area (Å²) in [6.07, 6.45) is 3.02. The maximum absolute atomic E-state index is 5.64. The number of rotatable bonds is 5. The number of aromatic nitrogens is 3. The van der Waals surface area contributed by atoms with Crippen LogP contribution in [0.1, 0.15) is 84.9 Å². The first kappa shape index (κ1) is 29.1. The summed E-state index contributed by atoms with van der Waals surface area (Å²) < 4.78 is 4.87. The summed E-state index contributed by atoms with van der Waals surface area (Å²) >= 11 is 0. The van der Waals surface area contributed by atoms with Crippen molar-refractivity contribution >= 4 is 0 Å². The van der Waals surface area contributed by atoms with Gasteiger partial charge >= 0.3 is 5.82 Å². The van der Waals surface area contributed by atoms with Crippen LogP contribution in [0.5, 0.6) is 0 Å². The van der Waals surface area contributed by atoms with E-state index < -0.39 is 0 Å². The van der Waals surface area contributed by atoms with Gasteiger partial charge in [0.1, 0.15) is 11.2 Å². The molecule has 4 aromatic carbocycles. The average Bonchev–Trinajstić information content (AvgIpc) is 3.41. The van der Waals surface area contributed by atoms with Crippen molar-refractivity contribution in [3.05, 3.63) is 114 Å². The van der Waals surface area contributed by atoms with E-state index >= 15 is 0 Å². The zero-order chi connectivity index (χ0) is 30.6. The molecule has 0 radical (unpaired) electrons. The molecule has 0 N–H and O–H groups in total. The van der Waals surface area contributed by atoms with E-state index in [4.69, 9.17) is 5.10 Å². The third kappa shape index (κ3) is 5.03. The van der Waals surface area contributed by atoms with E-state index in [2.05, 4.69) is 162 Å². The molecular formula is C40H46N3+. The highest BCUT2D eigenvalue weighted by Crippen LogP contribution is 2.43. The lowest BCUT2D eigenvalue weighted by molar-refractivity contribution is -0.573. The molecule has 43 heavy (non-hydrogen) atoms. The van der Waals surface area contributed by atoms with Crippen molar-refractivity contribution < 1.29 is 4.57 Å². The molecule has 3 heteroatoms. The Morgan fingerprint density at radius 3 is 1.79 bits per heavy atom. The van der Waals surface area contributed by atoms with Crippen LogP contribution in [0, 0.1) is 0 Å². The second-order valence-electron chi connectivity index (χ2n) is 14.3. The van der Waals surface area contributed by atoms with Gasteiger partial charge < -0.3 is 0 Å². The van der Waals surface area contributed by atoms with Crippen LogP contribution in [-0.2, 0) is 22.8 Å². The molecule has 1 aliphatic rings. The zero-order valence-electron chi connectivity index (χ0n) is 27.2. The van der Waals surface area contributed by atoms with Crippen LogP contribution in [0.15, 0.2) is 97.1 Å². The first-order chi connectivity index (χ1) is 20.5. The van der Waals surface area contributed by atoms with Gasteiger partial charge in [-0.2, -0.15) is 4.57 Å². The molecule has 3 nitrogen and oxygen atoms in total. The van der Waals surface area contributed by atoms with Gasteiger partial charge in [0.2, 0.25) is 0 Å². The molecule has 0 amide bonds. The van der Waals surface area contributed by atoms with Gasteiger partial charge in [0.15, 0.2) is 0 Å². The van der Waals surface area contributed by atoms with Crippen molar-refractivity contribution in [2.75, 3.05) is 0 Å². The Bertz CT molecular complexity index is 1740. The van der Waals surface area contributed by atoms with Gasteiger partial charge in [0, 0.05) is 11.5 Å². The van der Waals surface area contributed by atoms with E-state index in [0.717, 1.165) is 30.7 Å². The van der Waals surface area contributed by atoms with Gasteiger partial charge in [-0.3, -0.25) is 0 Å². The molecule has 0 saturated heterocycles. The highest BCUT2D eigenvalue weighted by Gasteiger charge is 2.47. The lowest BCUT2D eigenvalue weighted by Crippen LogP contribution is -2.43. The highest BCUT2D eigenvalue weighted by atomic mass is 15.4. The molecule has 1 aromatic heterocycles. The van der Waals surface area contributed by atoms with E-state index in [1.54, 1.807) is 0 Å². The first-order valence-electron chi connectivity index (χ1n) is 15.9. The molecule has 0 fully saturated rings. The van der Waals surface area contributed by atoms with Gasteiger partial charge in [-0.05, 0) is 75.8 Å². The molecule has 0 atom stereocenters. The largest absolute Gasteiger partial charge is 0.314 e. The SMILES string of the molecule is CCC1(CC)Cc2ccccc2-c2n1nc(-c1ccccc1-c1ccccc1)[n+]2-c1cc(C(C)(C)C)cc(C(C)(C)C)c1. The fraction of sp³-hybridized carbons (Fsp3) is 0.350. The average molecular weight is 569 g/mol. The van der Waals surface area contributed by atoms with Crippen LogP contribution in [0.2, 0.25) is 0 Å². The van der Waals surface area contributed by atoms with Gasteiger partial charge in [-0.25, -0.2) is 0 Å². The van der Waals surface area contributed by atoms with Crippen LogP contribution in [-0.4, -0.2) is 9.78 Å². The number of benzene rings is 4. The molecule has 6 rings (SSSR count). The number of nitrogens with zero attached hydrogens (tertiary/aromatic N) is 3. The summed E-state index contributed by atoms with van der Waals surface area (Å²) in [5, 5.41) is 5.64. The molecule has 5 aromatic rings. The van der Waals surface area contributed by atoms with Crippen LogP contribution < -0.4 is 4.57 Å². The van der Waals surface area contributed by atoms with Crippen molar-refractivity contribution in [3.63, 3.8) is 0 Å². The topological polar surface area (TPSA) is 21.7 Å². The van der Waals surface area contributed by atoms with Gasteiger partial charge in [0.25, 0.3) is 5.82 Å². The molecular weight excluding hydrogens is 522 g/mol. The van der Waals surface area contributed by atoms with Gasteiger partial charge in [0.05, 0.1) is 11.1 Å². The molecule has 1 aliphatic heterocycles. The van der Waals surface area contributed by atoms with Crippen molar-refractivity contribution in [2.45, 2.75) is 91.0 Å². The van der Waals surface area contributed by atoms with Crippen LogP contribution in [0.3, 0.4) is 0 Å². The number of hydrogen-bond donors (Lipinski definition) is 0. The lowest BCUT2D eigenvalue weighted by Gasteiger charge is -2.32. The second kappa shape index (κ2) is 10.6. The fourth-order valence-electron chi connectivity index (χ4n) is 6.64. The third-order valence-corrected chi connectivity index (χ3v) is 9.52. The van der Waals surface area contributed by atoms with E-state index in [-0.39, 0.29) is 16.4 Å². The van der Waals surface area contributed by atoms with Gasteiger partial charge in [-0.15, -0.1) is 4.68 Å². The fourth-order valence-corrected chi connectivity index (χ4v) is 6.64. The number of fused-ring (bicyclic) bond motifs is 3. The Balaban J connectivity index is 1.78. The Labute approximate surface area is 258 Å². The molecule has 0 spiro atoms. The second-order valence-corrected chi connectivity index (χ2v) is 14.3. The predicted molar refractivity (Wildman–Crippen MR) is 180 cm³/mol. The molecule has 0 aliphatic carbocycles. The van der Waals surface area contributed by atoms with Crippen molar-refractivity contribution in [2.24, 2.45) is 0 Å². The maximum Gasteiger partial charge on any atom is 0.314 e. The minimum atomic E-state index is -0.0973. The molecule has 0 unspecified atom stereocenters. The van der Waals surface area contributed by atoms with Crippen molar-refractivity contribution in [1.29, 1.82) is 0 Å². The van der Waals surface area contributed by atoms with Crippen molar-refractivity contribution in [3.8, 4) is 39.6 Å². The quantitative estimate of drug-likeness (QED) is 0.193. The van der Waals surface area contributed by atoms with Crippen molar-refractivity contribution in [1.82, 2.24) is 9.78 Å². The predicted octanol–water partition coefficient (Wildman–Crippen LogP) is 9.83. The molecule has 0 bridgehead atoms. The minimum Gasteiger partial charge on any atom is -0.190 e.